The molecule has 2 saturated heterocycles. The zero-order valence-corrected chi connectivity index (χ0v) is 13.6. The first kappa shape index (κ1) is 14.1. The van der Waals surface area contributed by atoms with Gasteiger partial charge in [-0.1, -0.05) is 0 Å². The predicted molar refractivity (Wildman–Crippen MR) is 82.9 cm³/mol. The molecule has 2 aliphatic heterocycles. The molecule has 1 aromatic heterocycles. The molecule has 1 amide bonds. The van der Waals surface area contributed by atoms with E-state index >= 15 is 0 Å². The molecule has 3 rings (SSSR count). The molecule has 0 bridgehead atoms. The Morgan fingerprint density at radius 1 is 1.35 bits per heavy atom. The highest BCUT2D eigenvalue weighted by molar-refractivity contribution is 9.10. The van der Waals surface area contributed by atoms with Gasteiger partial charge in [0, 0.05) is 36.3 Å². The van der Waals surface area contributed by atoms with Gasteiger partial charge in [-0.15, -0.1) is 0 Å². The summed E-state index contributed by atoms with van der Waals surface area (Å²) in [6, 6.07) is 2.52. The molecule has 110 valence electrons. The standard InChI is InChI=1S/C15H22BrN3O/c1-2-17-10-12(16)9-14(17)15(20)19-8-5-13(11-19)18-6-3-4-7-18/h9-10,13H,2-8,11H2,1H3. The van der Waals surface area contributed by atoms with Gasteiger partial charge in [0.2, 0.25) is 0 Å². The Bertz CT molecular complexity index is 493. The second-order valence-electron chi connectivity index (χ2n) is 5.77. The SMILES string of the molecule is CCn1cc(Br)cc1C(=O)N1CCC(N2CCCC2)C1. The lowest BCUT2D eigenvalue weighted by atomic mass is 10.2. The van der Waals surface area contributed by atoms with E-state index in [1.807, 2.05) is 21.7 Å². The Morgan fingerprint density at radius 2 is 2.10 bits per heavy atom. The number of carbonyl (C=O) groups excluding carboxylic acids is 1. The molecule has 0 aliphatic carbocycles. The van der Waals surface area contributed by atoms with Gasteiger partial charge in [-0.3, -0.25) is 9.69 Å². The van der Waals surface area contributed by atoms with Crippen molar-refractivity contribution in [2.24, 2.45) is 0 Å². The van der Waals surface area contributed by atoms with Crippen LogP contribution in [-0.2, 0) is 6.54 Å². The van der Waals surface area contributed by atoms with Crippen LogP contribution in [0.5, 0.6) is 0 Å². The lowest BCUT2D eigenvalue weighted by Gasteiger charge is -2.23. The quantitative estimate of drug-likeness (QED) is 0.846. The van der Waals surface area contributed by atoms with E-state index in [2.05, 4.69) is 27.8 Å². The Labute approximate surface area is 128 Å². The molecule has 2 fully saturated rings. The van der Waals surface area contributed by atoms with Gasteiger partial charge in [-0.25, -0.2) is 0 Å². The Hall–Kier alpha value is -0.810. The van der Waals surface area contributed by atoms with Crippen LogP contribution in [0.2, 0.25) is 0 Å². The van der Waals surface area contributed by atoms with Crippen molar-refractivity contribution in [3.8, 4) is 0 Å². The average Bonchev–Trinajstić information content (AvgIpc) is 3.17. The summed E-state index contributed by atoms with van der Waals surface area (Å²) in [7, 11) is 0. The van der Waals surface area contributed by atoms with Crippen molar-refractivity contribution < 1.29 is 4.79 Å². The van der Waals surface area contributed by atoms with Crippen molar-refractivity contribution in [3.05, 3.63) is 22.4 Å². The molecule has 0 saturated carbocycles. The number of aromatic nitrogens is 1. The van der Waals surface area contributed by atoms with E-state index in [9.17, 15) is 4.79 Å². The van der Waals surface area contributed by atoms with Crippen molar-refractivity contribution >= 4 is 21.8 Å². The van der Waals surface area contributed by atoms with Crippen LogP contribution in [0, 0.1) is 0 Å². The van der Waals surface area contributed by atoms with E-state index in [-0.39, 0.29) is 5.91 Å². The monoisotopic (exact) mass is 339 g/mol. The fourth-order valence-electron chi connectivity index (χ4n) is 3.41. The van der Waals surface area contributed by atoms with Crippen molar-refractivity contribution in [2.75, 3.05) is 26.2 Å². The third-order valence-electron chi connectivity index (χ3n) is 4.53. The summed E-state index contributed by atoms with van der Waals surface area (Å²) in [6.45, 7) is 7.11. The van der Waals surface area contributed by atoms with Gasteiger partial charge < -0.3 is 9.47 Å². The molecule has 20 heavy (non-hydrogen) atoms. The Kier molecular flexibility index (Phi) is 4.17. The van der Waals surface area contributed by atoms with E-state index < -0.39 is 0 Å². The van der Waals surface area contributed by atoms with Crippen LogP contribution in [0.4, 0.5) is 0 Å². The zero-order valence-electron chi connectivity index (χ0n) is 12.0. The summed E-state index contributed by atoms with van der Waals surface area (Å²) in [4.78, 5) is 17.2. The lowest BCUT2D eigenvalue weighted by Crippen LogP contribution is -2.37. The Morgan fingerprint density at radius 3 is 2.80 bits per heavy atom. The summed E-state index contributed by atoms with van der Waals surface area (Å²) >= 11 is 3.47. The molecular weight excluding hydrogens is 318 g/mol. The van der Waals surface area contributed by atoms with Crippen molar-refractivity contribution in [3.63, 3.8) is 0 Å². The number of hydrogen-bond acceptors (Lipinski definition) is 2. The molecule has 0 N–H and O–H groups in total. The topological polar surface area (TPSA) is 28.5 Å². The second-order valence-corrected chi connectivity index (χ2v) is 6.68. The largest absolute Gasteiger partial charge is 0.343 e. The summed E-state index contributed by atoms with van der Waals surface area (Å²) < 4.78 is 3.01. The maximum absolute atomic E-state index is 12.7. The highest BCUT2D eigenvalue weighted by Gasteiger charge is 2.32. The normalized spacial score (nSPS) is 23.7. The third kappa shape index (κ3) is 2.66. The van der Waals surface area contributed by atoms with Crippen LogP contribution >= 0.6 is 15.9 Å². The fourth-order valence-corrected chi connectivity index (χ4v) is 3.87. The molecule has 1 unspecified atom stereocenters. The minimum absolute atomic E-state index is 0.180. The van der Waals surface area contributed by atoms with Crippen LogP contribution in [0.15, 0.2) is 16.7 Å². The van der Waals surface area contributed by atoms with Crippen LogP contribution < -0.4 is 0 Å². The third-order valence-corrected chi connectivity index (χ3v) is 4.96. The number of hydrogen-bond donors (Lipinski definition) is 0. The minimum Gasteiger partial charge on any atom is -0.343 e. The van der Waals surface area contributed by atoms with E-state index in [0.29, 0.717) is 6.04 Å². The van der Waals surface area contributed by atoms with Crippen molar-refractivity contribution in [1.82, 2.24) is 14.4 Å². The number of carbonyl (C=O) groups is 1. The van der Waals surface area contributed by atoms with Gasteiger partial charge >= 0.3 is 0 Å². The number of nitrogens with zero attached hydrogens (tertiary/aromatic N) is 3. The molecule has 0 radical (unpaired) electrons. The average molecular weight is 340 g/mol. The molecule has 2 aliphatic rings. The Balaban J connectivity index is 1.68. The smallest absolute Gasteiger partial charge is 0.270 e. The molecule has 3 heterocycles. The number of likely N-dealkylation sites (tertiary alicyclic amines) is 2. The first-order valence-electron chi connectivity index (χ1n) is 7.58. The van der Waals surface area contributed by atoms with Gasteiger partial charge in [0.15, 0.2) is 0 Å². The maximum atomic E-state index is 12.7. The van der Waals surface area contributed by atoms with Crippen molar-refractivity contribution in [2.45, 2.75) is 38.8 Å². The highest BCUT2D eigenvalue weighted by Crippen LogP contribution is 2.23. The lowest BCUT2D eigenvalue weighted by molar-refractivity contribution is 0.0769. The summed E-state index contributed by atoms with van der Waals surface area (Å²) in [6.07, 6.45) is 5.74. The number of rotatable bonds is 3. The van der Waals surface area contributed by atoms with Crippen LogP contribution in [-0.4, -0.2) is 52.5 Å². The molecule has 1 atom stereocenters. The van der Waals surface area contributed by atoms with E-state index in [4.69, 9.17) is 0 Å². The molecule has 0 spiro atoms. The summed E-state index contributed by atoms with van der Waals surface area (Å²) in [5.74, 6) is 0.180. The van der Waals surface area contributed by atoms with Gasteiger partial charge in [0.05, 0.1) is 0 Å². The summed E-state index contributed by atoms with van der Waals surface area (Å²) in [5.41, 5.74) is 0.807. The molecule has 5 heteroatoms. The maximum Gasteiger partial charge on any atom is 0.270 e. The van der Waals surface area contributed by atoms with E-state index in [1.165, 1.54) is 25.9 Å². The number of aryl methyl sites for hydroxylation is 1. The van der Waals surface area contributed by atoms with E-state index in [1.54, 1.807) is 0 Å². The molecule has 0 aromatic carbocycles. The van der Waals surface area contributed by atoms with Gasteiger partial charge in [-0.05, 0) is 61.3 Å². The van der Waals surface area contributed by atoms with Crippen molar-refractivity contribution in [1.29, 1.82) is 0 Å². The fraction of sp³-hybridized carbons (Fsp3) is 0.667. The summed E-state index contributed by atoms with van der Waals surface area (Å²) in [5, 5.41) is 0. The molecular formula is C15H22BrN3O. The van der Waals surface area contributed by atoms with Gasteiger partial charge in [-0.2, -0.15) is 0 Å². The second kappa shape index (κ2) is 5.90. The zero-order chi connectivity index (χ0) is 14.1. The predicted octanol–water partition coefficient (Wildman–Crippen LogP) is 2.58. The first-order chi connectivity index (χ1) is 9.69. The van der Waals surface area contributed by atoms with E-state index in [0.717, 1.165) is 36.2 Å². The highest BCUT2D eigenvalue weighted by atomic mass is 79.9. The molecule has 1 aromatic rings. The number of halogens is 1. The number of amides is 1. The molecule has 4 nitrogen and oxygen atoms in total. The van der Waals surface area contributed by atoms with Crippen LogP contribution in [0.3, 0.4) is 0 Å². The first-order valence-corrected chi connectivity index (χ1v) is 8.37. The van der Waals surface area contributed by atoms with Crippen LogP contribution in [0.25, 0.3) is 0 Å². The van der Waals surface area contributed by atoms with Crippen LogP contribution in [0.1, 0.15) is 36.7 Å². The van der Waals surface area contributed by atoms with Gasteiger partial charge in [0.25, 0.3) is 5.91 Å². The van der Waals surface area contributed by atoms with Gasteiger partial charge in [0.1, 0.15) is 5.69 Å². The minimum atomic E-state index is 0.180.